The van der Waals surface area contributed by atoms with E-state index in [9.17, 15) is 0 Å². The van der Waals surface area contributed by atoms with E-state index < -0.39 is 0 Å². The van der Waals surface area contributed by atoms with E-state index in [1.54, 1.807) is 0 Å². The maximum absolute atomic E-state index is 3.65. The highest BCUT2D eigenvalue weighted by Crippen LogP contribution is 2.19. The first-order valence-corrected chi connectivity index (χ1v) is 8.87. The molecule has 0 saturated carbocycles. The summed E-state index contributed by atoms with van der Waals surface area (Å²) in [6.07, 6.45) is 3.61. The molecule has 3 heteroatoms. The van der Waals surface area contributed by atoms with Gasteiger partial charge in [0.2, 0.25) is 0 Å². The van der Waals surface area contributed by atoms with Crippen LogP contribution in [0.2, 0.25) is 0 Å². The second-order valence-electron chi connectivity index (χ2n) is 6.00. The number of benzene rings is 2. The third-order valence-corrected chi connectivity index (χ3v) is 4.89. The molecule has 2 aromatic carbocycles. The lowest BCUT2D eigenvalue weighted by molar-refractivity contribution is 0.221. The van der Waals surface area contributed by atoms with Gasteiger partial charge in [-0.15, -0.1) is 0 Å². The minimum absolute atomic E-state index is 0.606. The Hall–Kier alpha value is -1.32. The maximum Gasteiger partial charge on any atom is 0.0343 e. The van der Waals surface area contributed by atoms with Crippen molar-refractivity contribution in [2.75, 3.05) is 25.0 Å². The molecule has 1 heterocycles. The first-order valence-electron chi connectivity index (χ1n) is 8.08. The number of piperidine rings is 1. The van der Waals surface area contributed by atoms with Crippen LogP contribution < -0.4 is 5.32 Å². The van der Waals surface area contributed by atoms with Gasteiger partial charge in [0, 0.05) is 35.8 Å². The lowest BCUT2D eigenvalue weighted by Crippen LogP contribution is -2.40. The largest absolute Gasteiger partial charge is 0.382 e. The summed E-state index contributed by atoms with van der Waals surface area (Å²) < 4.78 is 1.13. The molecule has 0 aromatic heterocycles. The first kappa shape index (κ1) is 15.6. The van der Waals surface area contributed by atoms with Gasteiger partial charge in [-0.05, 0) is 49.1 Å². The zero-order valence-corrected chi connectivity index (χ0v) is 14.4. The Morgan fingerprint density at radius 1 is 0.955 bits per heavy atom. The first-order chi connectivity index (χ1) is 10.8. The Labute approximate surface area is 141 Å². The van der Waals surface area contributed by atoms with E-state index in [1.165, 1.54) is 43.7 Å². The summed E-state index contributed by atoms with van der Waals surface area (Å²) in [4.78, 5) is 2.59. The SMILES string of the molecule is Brc1ccc(NC2CCN(CCc3ccccc3)CC2)cc1. The molecule has 1 saturated heterocycles. The van der Waals surface area contributed by atoms with Crippen molar-refractivity contribution in [1.82, 2.24) is 4.90 Å². The number of likely N-dealkylation sites (tertiary alicyclic amines) is 1. The van der Waals surface area contributed by atoms with Crippen LogP contribution in [0.4, 0.5) is 5.69 Å². The Bertz CT molecular complexity index is 560. The van der Waals surface area contributed by atoms with Gasteiger partial charge >= 0.3 is 0 Å². The zero-order valence-electron chi connectivity index (χ0n) is 12.8. The normalized spacial score (nSPS) is 16.6. The van der Waals surface area contributed by atoms with Crippen LogP contribution in [-0.2, 0) is 6.42 Å². The Balaban J connectivity index is 1.41. The maximum atomic E-state index is 3.65. The number of nitrogens with one attached hydrogen (secondary N) is 1. The number of halogens is 1. The summed E-state index contributed by atoms with van der Waals surface area (Å²) in [5.41, 5.74) is 2.67. The molecule has 0 radical (unpaired) electrons. The zero-order chi connectivity index (χ0) is 15.2. The molecule has 0 bridgehead atoms. The molecule has 116 valence electrons. The fraction of sp³-hybridized carbons (Fsp3) is 0.368. The van der Waals surface area contributed by atoms with Crippen molar-refractivity contribution in [2.45, 2.75) is 25.3 Å². The van der Waals surface area contributed by atoms with E-state index in [4.69, 9.17) is 0 Å². The van der Waals surface area contributed by atoms with E-state index in [0.29, 0.717) is 6.04 Å². The monoisotopic (exact) mass is 358 g/mol. The van der Waals surface area contributed by atoms with Crippen LogP contribution >= 0.6 is 15.9 Å². The average Bonchev–Trinajstić information content (AvgIpc) is 2.57. The van der Waals surface area contributed by atoms with Gasteiger partial charge in [0.05, 0.1) is 0 Å². The molecule has 1 aliphatic rings. The molecule has 0 spiro atoms. The van der Waals surface area contributed by atoms with E-state index >= 15 is 0 Å². The predicted octanol–water partition coefficient (Wildman–Crippen LogP) is 4.57. The van der Waals surface area contributed by atoms with Gasteiger partial charge in [-0.2, -0.15) is 0 Å². The lowest BCUT2D eigenvalue weighted by Gasteiger charge is -2.32. The summed E-state index contributed by atoms with van der Waals surface area (Å²) in [6, 6.07) is 19.9. The minimum Gasteiger partial charge on any atom is -0.382 e. The molecule has 22 heavy (non-hydrogen) atoms. The van der Waals surface area contributed by atoms with Crippen molar-refractivity contribution < 1.29 is 0 Å². The summed E-state index contributed by atoms with van der Waals surface area (Å²) in [7, 11) is 0. The molecule has 0 atom stereocenters. The molecule has 1 fully saturated rings. The lowest BCUT2D eigenvalue weighted by atomic mass is 10.0. The van der Waals surface area contributed by atoms with Crippen LogP contribution in [0.3, 0.4) is 0 Å². The van der Waals surface area contributed by atoms with E-state index in [1.807, 2.05) is 0 Å². The third-order valence-electron chi connectivity index (χ3n) is 4.36. The third kappa shape index (κ3) is 4.59. The van der Waals surface area contributed by atoms with Gasteiger partial charge < -0.3 is 10.2 Å². The molecule has 2 nitrogen and oxygen atoms in total. The number of anilines is 1. The second kappa shape index (κ2) is 7.80. The van der Waals surface area contributed by atoms with Crippen LogP contribution in [0, 0.1) is 0 Å². The number of rotatable bonds is 5. The van der Waals surface area contributed by atoms with Gasteiger partial charge in [0.15, 0.2) is 0 Å². The molecule has 0 amide bonds. The van der Waals surface area contributed by atoms with Crippen LogP contribution in [-0.4, -0.2) is 30.6 Å². The van der Waals surface area contributed by atoms with Crippen molar-refractivity contribution in [3.8, 4) is 0 Å². The van der Waals surface area contributed by atoms with E-state index in [0.717, 1.165) is 10.9 Å². The van der Waals surface area contributed by atoms with Crippen molar-refractivity contribution >= 4 is 21.6 Å². The smallest absolute Gasteiger partial charge is 0.0343 e. The molecule has 1 N–H and O–H groups in total. The van der Waals surface area contributed by atoms with Gasteiger partial charge in [0.25, 0.3) is 0 Å². The highest BCUT2D eigenvalue weighted by Gasteiger charge is 2.18. The number of nitrogens with zero attached hydrogens (tertiary/aromatic N) is 1. The van der Waals surface area contributed by atoms with Gasteiger partial charge in [-0.1, -0.05) is 46.3 Å². The predicted molar refractivity (Wildman–Crippen MR) is 97.4 cm³/mol. The molecular weight excluding hydrogens is 336 g/mol. The average molecular weight is 359 g/mol. The summed E-state index contributed by atoms with van der Waals surface area (Å²) in [5, 5.41) is 3.65. The van der Waals surface area contributed by atoms with Gasteiger partial charge in [-0.25, -0.2) is 0 Å². The standard InChI is InChI=1S/C19H23BrN2/c20-17-6-8-18(9-7-17)21-19-11-14-22(15-12-19)13-10-16-4-2-1-3-5-16/h1-9,19,21H,10-15H2. The Kier molecular flexibility index (Phi) is 5.52. The number of hydrogen-bond donors (Lipinski definition) is 1. The summed E-state index contributed by atoms with van der Waals surface area (Å²) in [6.45, 7) is 3.57. The molecule has 3 rings (SSSR count). The van der Waals surface area contributed by atoms with Gasteiger partial charge in [0.1, 0.15) is 0 Å². The highest BCUT2D eigenvalue weighted by molar-refractivity contribution is 9.10. The van der Waals surface area contributed by atoms with Crippen LogP contribution in [0.25, 0.3) is 0 Å². The van der Waals surface area contributed by atoms with Crippen LogP contribution in [0.15, 0.2) is 59.1 Å². The van der Waals surface area contributed by atoms with Crippen LogP contribution in [0.1, 0.15) is 18.4 Å². The molecule has 0 aliphatic carbocycles. The quantitative estimate of drug-likeness (QED) is 0.841. The highest BCUT2D eigenvalue weighted by atomic mass is 79.9. The van der Waals surface area contributed by atoms with E-state index in [-0.39, 0.29) is 0 Å². The Morgan fingerprint density at radius 3 is 2.32 bits per heavy atom. The molecular formula is C19H23BrN2. The fourth-order valence-electron chi connectivity index (χ4n) is 3.01. The van der Waals surface area contributed by atoms with E-state index in [2.05, 4.69) is 80.7 Å². The van der Waals surface area contributed by atoms with Crippen molar-refractivity contribution in [3.05, 3.63) is 64.6 Å². The van der Waals surface area contributed by atoms with Gasteiger partial charge in [-0.3, -0.25) is 0 Å². The van der Waals surface area contributed by atoms with Crippen molar-refractivity contribution in [3.63, 3.8) is 0 Å². The molecule has 1 aliphatic heterocycles. The second-order valence-corrected chi connectivity index (χ2v) is 6.92. The van der Waals surface area contributed by atoms with Crippen molar-refractivity contribution in [1.29, 1.82) is 0 Å². The van der Waals surface area contributed by atoms with Crippen molar-refractivity contribution in [2.24, 2.45) is 0 Å². The topological polar surface area (TPSA) is 15.3 Å². The number of hydrogen-bond acceptors (Lipinski definition) is 2. The molecule has 0 unspecified atom stereocenters. The fourth-order valence-corrected chi connectivity index (χ4v) is 3.28. The minimum atomic E-state index is 0.606. The van der Waals surface area contributed by atoms with Crippen LogP contribution in [0.5, 0.6) is 0 Å². The molecule has 2 aromatic rings. The summed E-state index contributed by atoms with van der Waals surface area (Å²) in [5.74, 6) is 0. The Morgan fingerprint density at radius 2 is 1.64 bits per heavy atom. The summed E-state index contributed by atoms with van der Waals surface area (Å²) >= 11 is 3.48.